The van der Waals surface area contributed by atoms with Gasteiger partial charge in [0.25, 0.3) is 0 Å². The van der Waals surface area contributed by atoms with E-state index in [0.717, 1.165) is 26.2 Å². The number of nitrogens with zero attached hydrogens (tertiary/aromatic N) is 1. The molecule has 7 heteroatoms. The van der Waals surface area contributed by atoms with Crippen molar-refractivity contribution in [2.45, 2.75) is 13.0 Å². The van der Waals surface area contributed by atoms with Gasteiger partial charge in [-0.1, -0.05) is 0 Å². The topological polar surface area (TPSA) is 82.7 Å². The van der Waals surface area contributed by atoms with Gasteiger partial charge in [-0.25, -0.2) is 0 Å². The third kappa shape index (κ3) is 6.51. The molecule has 110 valence electrons. The Morgan fingerprint density at radius 2 is 2.05 bits per heavy atom. The van der Waals surface area contributed by atoms with Gasteiger partial charge in [-0.2, -0.15) is 0 Å². The fourth-order valence-electron chi connectivity index (χ4n) is 1.85. The standard InChI is InChI=1S/C12H24N4O3/c1-10(12(18)14-5-8-19-2)15-11(17)9-16-6-3-13-4-7-16/h10,13H,3-9H2,1-2H3,(H,14,18)(H,15,17). The molecule has 0 spiro atoms. The summed E-state index contributed by atoms with van der Waals surface area (Å²) >= 11 is 0. The van der Waals surface area contributed by atoms with Crippen molar-refractivity contribution in [2.24, 2.45) is 0 Å². The molecule has 1 unspecified atom stereocenters. The van der Waals surface area contributed by atoms with E-state index in [2.05, 4.69) is 20.9 Å². The minimum Gasteiger partial charge on any atom is -0.383 e. The first-order chi connectivity index (χ1) is 9.13. The average molecular weight is 272 g/mol. The number of carbonyl (C=O) groups is 2. The van der Waals surface area contributed by atoms with E-state index in [1.165, 1.54) is 0 Å². The first-order valence-electron chi connectivity index (χ1n) is 6.62. The molecule has 1 atom stereocenters. The van der Waals surface area contributed by atoms with Crippen molar-refractivity contribution in [1.82, 2.24) is 20.9 Å². The zero-order valence-corrected chi connectivity index (χ0v) is 11.7. The number of ether oxygens (including phenoxy) is 1. The molecule has 0 radical (unpaired) electrons. The van der Waals surface area contributed by atoms with Crippen LogP contribution in [0.2, 0.25) is 0 Å². The summed E-state index contributed by atoms with van der Waals surface area (Å²) < 4.78 is 4.84. The number of carbonyl (C=O) groups excluding carboxylic acids is 2. The summed E-state index contributed by atoms with van der Waals surface area (Å²) in [6.45, 7) is 6.47. The van der Waals surface area contributed by atoms with Gasteiger partial charge in [0.15, 0.2) is 0 Å². The molecule has 2 amide bonds. The zero-order chi connectivity index (χ0) is 14.1. The van der Waals surface area contributed by atoms with E-state index in [-0.39, 0.29) is 11.8 Å². The number of rotatable bonds is 7. The van der Waals surface area contributed by atoms with E-state index in [9.17, 15) is 9.59 Å². The van der Waals surface area contributed by atoms with Crippen LogP contribution >= 0.6 is 0 Å². The van der Waals surface area contributed by atoms with Crippen molar-refractivity contribution in [1.29, 1.82) is 0 Å². The molecule has 1 heterocycles. The fourth-order valence-corrected chi connectivity index (χ4v) is 1.85. The van der Waals surface area contributed by atoms with Gasteiger partial charge in [-0.3, -0.25) is 14.5 Å². The van der Waals surface area contributed by atoms with Gasteiger partial charge in [-0.15, -0.1) is 0 Å². The Kier molecular flexibility index (Phi) is 7.39. The minimum atomic E-state index is -0.521. The lowest BCUT2D eigenvalue weighted by molar-refractivity contribution is -0.129. The highest BCUT2D eigenvalue weighted by Crippen LogP contribution is 1.92. The molecule has 1 saturated heterocycles. The molecule has 1 fully saturated rings. The lowest BCUT2D eigenvalue weighted by atomic mass is 10.3. The third-order valence-electron chi connectivity index (χ3n) is 2.95. The summed E-state index contributed by atoms with van der Waals surface area (Å²) in [6, 6.07) is -0.521. The monoisotopic (exact) mass is 272 g/mol. The molecule has 0 aromatic heterocycles. The highest BCUT2D eigenvalue weighted by Gasteiger charge is 2.18. The molecule has 0 aliphatic carbocycles. The highest BCUT2D eigenvalue weighted by atomic mass is 16.5. The molecule has 0 aromatic rings. The third-order valence-corrected chi connectivity index (χ3v) is 2.95. The van der Waals surface area contributed by atoms with E-state index < -0.39 is 6.04 Å². The van der Waals surface area contributed by atoms with Crippen LogP contribution in [0, 0.1) is 0 Å². The lowest BCUT2D eigenvalue weighted by Crippen LogP contribution is -2.51. The summed E-state index contributed by atoms with van der Waals surface area (Å²) in [5.74, 6) is -0.304. The average Bonchev–Trinajstić information content (AvgIpc) is 2.39. The van der Waals surface area contributed by atoms with Crippen molar-refractivity contribution < 1.29 is 14.3 Å². The second-order valence-electron chi connectivity index (χ2n) is 4.60. The van der Waals surface area contributed by atoms with Crippen LogP contribution in [0.25, 0.3) is 0 Å². The summed E-state index contributed by atoms with van der Waals surface area (Å²) in [7, 11) is 1.57. The first kappa shape index (κ1) is 15.9. The second kappa shape index (κ2) is 8.84. The number of piperazine rings is 1. The SMILES string of the molecule is COCCNC(=O)C(C)NC(=O)CN1CCNCC1. The molecule has 1 rings (SSSR count). The van der Waals surface area contributed by atoms with E-state index in [0.29, 0.717) is 19.7 Å². The van der Waals surface area contributed by atoms with Crippen LogP contribution in [-0.4, -0.2) is 75.7 Å². The van der Waals surface area contributed by atoms with Gasteiger partial charge in [-0.05, 0) is 6.92 Å². The molecule has 0 bridgehead atoms. The summed E-state index contributed by atoms with van der Waals surface area (Å²) in [4.78, 5) is 25.5. The summed E-state index contributed by atoms with van der Waals surface area (Å²) in [5.41, 5.74) is 0. The highest BCUT2D eigenvalue weighted by molar-refractivity contribution is 5.87. The molecular weight excluding hydrogens is 248 g/mol. The quantitative estimate of drug-likeness (QED) is 0.474. The normalized spacial score (nSPS) is 17.8. The molecule has 3 N–H and O–H groups in total. The Balaban J connectivity index is 2.20. The molecule has 0 saturated carbocycles. The van der Waals surface area contributed by atoms with Crippen LogP contribution < -0.4 is 16.0 Å². The molecule has 1 aliphatic heterocycles. The van der Waals surface area contributed by atoms with Crippen LogP contribution in [0.1, 0.15) is 6.92 Å². The minimum absolute atomic E-state index is 0.115. The van der Waals surface area contributed by atoms with Crippen LogP contribution in [0.3, 0.4) is 0 Å². The maximum atomic E-state index is 11.8. The Bertz CT molecular complexity index is 293. The van der Waals surface area contributed by atoms with Gasteiger partial charge in [0.1, 0.15) is 6.04 Å². The Labute approximate surface area is 114 Å². The molecule has 0 aromatic carbocycles. The lowest BCUT2D eigenvalue weighted by Gasteiger charge is -2.27. The van der Waals surface area contributed by atoms with E-state index in [1.807, 2.05) is 0 Å². The molecule has 7 nitrogen and oxygen atoms in total. The Morgan fingerprint density at radius 3 is 2.68 bits per heavy atom. The van der Waals surface area contributed by atoms with Gasteiger partial charge < -0.3 is 20.7 Å². The predicted octanol–water partition coefficient (Wildman–Crippen LogP) is -1.84. The van der Waals surface area contributed by atoms with Gasteiger partial charge in [0, 0.05) is 39.8 Å². The van der Waals surface area contributed by atoms with E-state index in [4.69, 9.17) is 4.74 Å². The fraction of sp³-hybridized carbons (Fsp3) is 0.833. The second-order valence-corrected chi connectivity index (χ2v) is 4.60. The van der Waals surface area contributed by atoms with Gasteiger partial charge in [0.2, 0.25) is 11.8 Å². The number of amides is 2. The maximum Gasteiger partial charge on any atom is 0.242 e. The first-order valence-corrected chi connectivity index (χ1v) is 6.62. The molecular formula is C12H24N4O3. The van der Waals surface area contributed by atoms with Gasteiger partial charge in [0.05, 0.1) is 13.2 Å². The van der Waals surface area contributed by atoms with E-state index in [1.54, 1.807) is 14.0 Å². The Morgan fingerprint density at radius 1 is 1.37 bits per heavy atom. The Hall–Kier alpha value is -1.18. The zero-order valence-electron chi connectivity index (χ0n) is 11.7. The van der Waals surface area contributed by atoms with Gasteiger partial charge >= 0.3 is 0 Å². The van der Waals surface area contributed by atoms with Crippen LogP contribution in [0.5, 0.6) is 0 Å². The number of hydrogen-bond acceptors (Lipinski definition) is 5. The maximum absolute atomic E-state index is 11.8. The molecule has 1 aliphatic rings. The van der Waals surface area contributed by atoms with Crippen molar-refractivity contribution in [2.75, 3.05) is 53.0 Å². The summed E-state index contributed by atoms with van der Waals surface area (Å²) in [5, 5.41) is 8.62. The number of methoxy groups -OCH3 is 1. The van der Waals surface area contributed by atoms with Crippen molar-refractivity contribution in [3.63, 3.8) is 0 Å². The number of hydrogen-bond donors (Lipinski definition) is 3. The smallest absolute Gasteiger partial charge is 0.242 e. The summed E-state index contributed by atoms with van der Waals surface area (Å²) in [6.07, 6.45) is 0. The predicted molar refractivity (Wildman–Crippen MR) is 71.8 cm³/mol. The van der Waals surface area contributed by atoms with Crippen LogP contribution in [-0.2, 0) is 14.3 Å². The largest absolute Gasteiger partial charge is 0.383 e. The van der Waals surface area contributed by atoms with Crippen LogP contribution in [0.15, 0.2) is 0 Å². The van der Waals surface area contributed by atoms with E-state index >= 15 is 0 Å². The van der Waals surface area contributed by atoms with Crippen molar-refractivity contribution in [3.8, 4) is 0 Å². The number of nitrogens with one attached hydrogen (secondary N) is 3. The van der Waals surface area contributed by atoms with Crippen molar-refractivity contribution >= 4 is 11.8 Å². The van der Waals surface area contributed by atoms with Crippen LogP contribution in [0.4, 0.5) is 0 Å². The van der Waals surface area contributed by atoms with Crippen molar-refractivity contribution in [3.05, 3.63) is 0 Å². The molecule has 19 heavy (non-hydrogen) atoms.